The molecular weight excluding hydrogens is 182 g/mol. The molecule has 0 fully saturated rings. The van der Waals surface area contributed by atoms with Gasteiger partial charge in [-0.15, -0.1) is 0 Å². The quantitative estimate of drug-likeness (QED) is 0.619. The van der Waals surface area contributed by atoms with Crippen LogP contribution in [0.5, 0.6) is 0 Å². The first-order valence-corrected chi connectivity index (χ1v) is 3.78. The van der Waals surface area contributed by atoms with E-state index in [-0.39, 0.29) is 0 Å². The first-order valence-electron chi connectivity index (χ1n) is 2.66. The molecule has 0 radical (unpaired) electrons. The molecule has 0 aliphatic carbocycles. The number of halogens is 1. The van der Waals surface area contributed by atoms with E-state index < -0.39 is 0 Å². The maximum Gasteiger partial charge on any atom is 0.147 e. The number of aromatic nitrogens is 3. The summed E-state index contributed by atoms with van der Waals surface area (Å²) in [6.45, 7) is 1.88. The molecule has 0 aromatic carbocycles. The fraction of sp³-hybridized carbons (Fsp3) is 0.600. The summed E-state index contributed by atoms with van der Waals surface area (Å²) >= 11 is 3.30. The van der Waals surface area contributed by atoms with Crippen LogP contribution in [0, 0.1) is 6.92 Å². The summed E-state index contributed by atoms with van der Waals surface area (Å²) in [7, 11) is 1.89. The van der Waals surface area contributed by atoms with Crippen molar-refractivity contribution in [2.75, 3.05) is 0 Å². The lowest BCUT2D eigenvalue weighted by atomic mass is 10.7. The van der Waals surface area contributed by atoms with Gasteiger partial charge >= 0.3 is 0 Å². The summed E-state index contributed by atoms with van der Waals surface area (Å²) in [6, 6.07) is 0. The van der Waals surface area contributed by atoms with Gasteiger partial charge in [-0.05, 0) is 6.92 Å². The van der Waals surface area contributed by atoms with Crippen molar-refractivity contribution in [1.82, 2.24) is 14.8 Å². The van der Waals surface area contributed by atoms with Crippen molar-refractivity contribution in [1.29, 1.82) is 0 Å². The SMILES string of the molecule is Cc1nc(CBr)n(C)n1. The Balaban J connectivity index is 3.01. The summed E-state index contributed by atoms with van der Waals surface area (Å²) in [6.07, 6.45) is 0. The minimum atomic E-state index is 0.768. The third-order valence-corrected chi connectivity index (χ3v) is 1.58. The first kappa shape index (κ1) is 6.74. The van der Waals surface area contributed by atoms with Gasteiger partial charge in [0.2, 0.25) is 0 Å². The van der Waals surface area contributed by atoms with E-state index in [4.69, 9.17) is 0 Å². The highest BCUT2D eigenvalue weighted by molar-refractivity contribution is 9.08. The molecule has 9 heavy (non-hydrogen) atoms. The normalized spacial score (nSPS) is 10.1. The average molecular weight is 190 g/mol. The highest BCUT2D eigenvalue weighted by Crippen LogP contribution is 1.99. The van der Waals surface area contributed by atoms with Gasteiger partial charge < -0.3 is 0 Å². The fourth-order valence-corrected chi connectivity index (χ4v) is 1.16. The van der Waals surface area contributed by atoms with Crippen LogP contribution >= 0.6 is 15.9 Å². The van der Waals surface area contributed by atoms with Gasteiger partial charge in [-0.3, -0.25) is 4.68 Å². The second-order valence-electron chi connectivity index (χ2n) is 1.83. The highest BCUT2D eigenvalue weighted by atomic mass is 79.9. The lowest BCUT2D eigenvalue weighted by Crippen LogP contribution is -1.95. The summed E-state index contributed by atoms with van der Waals surface area (Å²) in [5.41, 5.74) is 0. The zero-order valence-electron chi connectivity index (χ0n) is 5.43. The number of alkyl halides is 1. The van der Waals surface area contributed by atoms with Crippen molar-refractivity contribution in [3.05, 3.63) is 11.6 Å². The van der Waals surface area contributed by atoms with Crippen molar-refractivity contribution in [3.8, 4) is 0 Å². The van der Waals surface area contributed by atoms with Gasteiger partial charge in [0.25, 0.3) is 0 Å². The predicted molar refractivity (Wildman–Crippen MR) is 38.4 cm³/mol. The molecule has 0 aliphatic heterocycles. The molecule has 0 unspecified atom stereocenters. The molecular formula is C5H8BrN3. The summed E-state index contributed by atoms with van der Waals surface area (Å²) in [5, 5.41) is 4.83. The van der Waals surface area contributed by atoms with Crippen LogP contribution in [0.25, 0.3) is 0 Å². The number of hydrogen-bond donors (Lipinski definition) is 0. The van der Waals surface area contributed by atoms with Crippen molar-refractivity contribution in [2.24, 2.45) is 7.05 Å². The Bertz CT molecular complexity index is 206. The Morgan fingerprint density at radius 3 is 2.56 bits per heavy atom. The molecule has 0 amide bonds. The lowest BCUT2D eigenvalue weighted by molar-refractivity contribution is 0.725. The Kier molecular flexibility index (Phi) is 1.85. The van der Waals surface area contributed by atoms with E-state index >= 15 is 0 Å². The van der Waals surface area contributed by atoms with Crippen LogP contribution in [-0.2, 0) is 12.4 Å². The standard InChI is InChI=1S/C5H8BrN3/c1-4-7-5(3-6)9(2)8-4/h3H2,1-2H3. The maximum absolute atomic E-state index is 4.13. The predicted octanol–water partition coefficient (Wildman–Crippen LogP) is 1.02. The number of hydrogen-bond acceptors (Lipinski definition) is 2. The van der Waals surface area contributed by atoms with Gasteiger partial charge in [-0.2, -0.15) is 5.10 Å². The van der Waals surface area contributed by atoms with Crippen LogP contribution in [0.1, 0.15) is 11.6 Å². The molecule has 0 N–H and O–H groups in total. The Morgan fingerprint density at radius 1 is 1.67 bits per heavy atom. The Morgan fingerprint density at radius 2 is 2.33 bits per heavy atom. The summed E-state index contributed by atoms with van der Waals surface area (Å²) < 4.78 is 1.77. The number of aryl methyl sites for hydroxylation is 2. The zero-order chi connectivity index (χ0) is 6.85. The third-order valence-electron chi connectivity index (χ3n) is 1.08. The topological polar surface area (TPSA) is 30.7 Å². The summed E-state index contributed by atoms with van der Waals surface area (Å²) in [4.78, 5) is 4.13. The van der Waals surface area contributed by atoms with E-state index in [1.807, 2.05) is 14.0 Å². The van der Waals surface area contributed by atoms with E-state index in [9.17, 15) is 0 Å². The molecule has 0 saturated carbocycles. The molecule has 1 rings (SSSR count). The van der Waals surface area contributed by atoms with Crippen LogP contribution in [0.4, 0.5) is 0 Å². The molecule has 1 aromatic heterocycles. The maximum atomic E-state index is 4.13. The smallest absolute Gasteiger partial charge is 0.147 e. The van der Waals surface area contributed by atoms with Crippen molar-refractivity contribution < 1.29 is 0 Å². The van der Waals surface area contributed by atoms with Crippen molar-refractivity contribution >= 4 is 15.9 Å². The molecule has 0 aliphatic rings. The van der Waals surface area contributed by atoms with Gasteiger partial charge in [0.15, 0.2) is 0 Å². The number of rotatable bonds is 1. The molecule has 1 heterocycles. The summed E-state index contributed by atoms with van der Waals surface area (Å²) in [5.74, 6) is 1.79. The van der Waals surface area contributed by atoms with Crippen molar-refractivity contribution in [2.45, 2.75) is 12.3 Å². The Labute approximate surface area is 62.2 Å². The molecule has 50 valence electrons. The zero-order valence-corrected chi connectivity index (χ0v) is 7.01. The van der Waals surface area contributed by atoms with Crippen LogP contribution in [-0.4, -0.2) is 14.8 Å². The van der Waals surface area contributed by atoms with Crippen molar-refractivity contribution in [3.63, 3.8) is 0 Å². The van der Waals surface area contributed by atoms with Gasteiger partial charge in [-0.25, -0.2) is 4.98 Å². The second kappa shape index (κ2) is 2.47. The molecule has 0 spiro atoms. The highest BCUT2D eigenvalue weighted by Gasteiger charge is 1.98. The Hall–Kier alpha value is -0.380. The van der Waals surface area contributed by atoms with Gasteiger partial charge in [-0.1, -0.05) is 15.9 Å². The minimum Gasteiger partial charge on any atom is -0.252 e. The van der Waals surface area contributed by atoms with E-state index in [0.717, 1.165) is 17.0 Å². The van der Waals surface area contributed by atoms with Gasteiger partial charge in [0, 0.05) is 7.05 Å². The monoisotopic (exact) mass is 189 g/mol. The first-order chi connectivity index (χ1) is 4.24. The fourth-order valence-electron chi connectivity index (χ4n) is 0.673. The molecule has 1 aromatic rings. The van der Waals surface area contributed by atoms with Crippen LogP contribution in [0.15, 0.2) is 0 Å². The second-order valence-corrected chi connectivity index (χ2v) is 2.39. The van der Waals surface area contributed by atoms with E-state index in [1.54, 1.807) is 4.68 Å². The molecule has 0 atom stereocenters. The number of nitrogens with zero attached hydrogens (tertiary/aromatic N) is 3. The van der Waals surface area contributed by atoms with E-state index in [0.29, 0.717) is 0 Å². The van der Waals surface area contributed by atoms with Gasteiger partial charge in [0.1, 0.15) is 11.6 Å². The van der Waals surface area contributed by atoms with E-state index in [2.05, 4.69) is 26.0 Å². The van der Waals surface area contributed by atoms with Crippen LogP contribution in [0.2, 0.25) is 0 Å². The minimum absolute atomic E-state index is 0.768. The largest absolute Gasteiger partial charge is 0.252 e. The molecule has 0 bridgehead atoms. The van der Waals surface area contributed by atoms with Crippen LogP contribution < -0.4 is 0 Å². The van der Waals surface area contributed by atoms with E-state index in [1.165, 1.54) is 0 Å². The lowest BCUT2D eigenvalue weighted by Gasteiger charge is -1.89. The molecule has 4 heteroatoms. The molecule has 3 nitrogen and oxygen atoms in total. The third kappa shape index (κ3) is 1.30. The molecule has 0 saturated heterocycles. The van der Waals surface area contributed by atoms with Gasteiger partial charge in [0.05, 0.1) is 5.33 Å². The van der Waals surface area contributed by atoms with Crippen LogP contribution in [0.3, 0.4) is 0 Å². The average Bonchev–Trinajstić information content (AvgIpc) is 2.10.